The van der Waals surface area contributed by atoms with Gasteiger partial charge in [0.2, 0.25) is 10.0 Å². The number of carbonyl (C=O) groups is 1. The van der Waals surface area contributed by atoms with Crippen LogP contribution in [0.1, 0.15) is 10.4 Å². The largest absolute Gasteiger partial charge is 0.379 e. The van der Waals surface area contributed by atoms with Crippen molar-refractivity contribution in [3.8, 4) is 0 Å². The number of nitrogens with one attached hydrogen (secondary N) is 2. The molecule has 152 valence electrons. The van der Waals surface area contributed by atoms with E-state index in [9.17, 15) is 21.6 Å². The van der Waals surface area contributed by atoms with Crippen molar-refractivity contribution in [1.29, 1.82) is 0 Å². The van der Waals surface area contributed by atoms with Crippen molar-refractivity contribution >= 4 is 48.7 Å². The van der Waals surface area contributed by atoms with Gasteiger partial charge in [0.1, 0.15) is 4.21 Å². The topological polar surface area (TPSA) is 122 Å². The molecule has 0 unspecified atom stereocenters. The Bertz CT molecular complexity index is 1070. The van der Waals surface area contributed by atoms with Crippen LogP contribution in [-0.4, -0.2) is 59.6 Å². The maximum absolute atomic E-state index is 12.6. The van der Waals surface area contributed by atoms with Gasteiger partial charge in [-0.1, -0.05) is 6.07 Å². The number of anilines is 2. The van der Waals surface area contributed by atoms with E-state index in [1.165, 1.54) is 21.8 Å². The van der Waals surface area contributed by atoms with Crippen molar-refractivity contribution in [3.05, 3.63) is 41.3 Å². The predicted molar refractivity (Wildman–Crippen MR) is 107 cm³/mol. The van der Waals surface area contributed by atoms with Crippen LogP contribution in [0.5, 0.6) is 0 Å². The monoisotopic (exact) mass is 445 g/mol. The zero-order valence-corrected chi connectivity index (χ0v) is 17.4. The first-order chi connectivity index (χ1) is 13.1. The van der Waals surface area contributed by atoms with Crippen LogP contribution in [0.15, 0.2) is 39.9 Å². The number of hydrogen-bond donors (Lipinski definition) is 2. The van der Waals surface area contributed by atoms with Gasteiger partial charge in [-0.2, -0.15) is 4.31 Å². The van der Waals surface area contributed by atoms with E-state index in [0.29, 0.717) is 24.6 Å². The predicted octanol–water partition coefficient (Wildman–Crippen LogP) is 1.39. The van der Waals surface area contributed by atoms with Gasteiger partial charge in [0.15, 0.2) is 0 Å². The third-order valence-corrected chi connectivity index (χ3v) is 7.75. The van der Waals surface area contributed by atoms with Crippen LogP contribution in [0.3, 0.4) is 0 Å². The van der Waals surface area contributed by atoms with E-state index >= 15 is 0 Å². The molecule has 9 nitrogen and oxygen atoms in total. The molecule has 28 heavy (non-hydrogen) atoms. The van der Waals surface area contributed by atoms with E-state index in [1.54, 1.807) is 18.2 Å². The van der Waals surface area contributed by atoms with Crippen LogP contribution >= 0.6 is 11.3 Å². The van der Waals surface area contributed by atoms with Crippen molar-refractivity contribution in [2.45, 2.75) is 4.21 Å². The van der Waals surface area contributed by atoms with Crippen molar-refractivity contribution < 1.29 is 26.4 Å². The molecule has 3 rings (SSSR count). The van der Waals surface area contributed by atoms with Gasteiger partial charge in [0.25, 0.3) is 15.9 Å². The molecular formula is C16H19N3O6S3. The maximum Gasteiger partial charge on any atom is 0.256 e. The van der Waals surface area contributed by atoms with Crippen LogP contribution in [-0.2, 0) is 24.8 Å². The van der Waals surface area contributed by atoms with Gasteiger partial charge >= 0.3 is 0 Å². The standard InChI is InChI=1S/C16H19N3O6S3/c1-27(21,22)18-14-4-2-3-13(10-14)17-16(20)12-9-15(26-11-12)28(23,24)19-5-7-25-8-6-19/h2-4,9-11,18H,5-8H2,1H3,(H,17,20). The molecule has 1 aromatic heterocycles. The molecule has 2 heterocycles. The third-order valence-electron chi connectivity index (χ3n) is 3.83. The lowest BCUT2D eigenvalue weighted by atomic mass is 10.2. The Labute approximate surface area is 167 Å². The van der Waals surface area contributed by atoms with Crippen molar-refractivity contribution in [2.24, 2.45) is 0 Å². The number of thiophene rings is 1. The molecule has 0 radical (unpaired) electrons. The van der Waals surface area contributed by atoms with E-state index in [2.05, 4.69) is 10.0 Å². The number of nitrogens with zero attached hydrogens (tertiary/aromatic N) is 1. The molecule has 12 heteroatoms. The molecule has 0 aliphatic carbocycles. The molecule has 1 saturated heterocycles. The number of rotatable bonds is 6. The quantitative estimate of drug-likeness (QED) is 0.693. The lowest BCUT2D eigenvalue weighted by Gasteiger charge is -2.25. The van der Waals surface area contributed by atoms with Gasteiger partial charge in [0, 0.05) is 24.2 Å². The highest BCUT2D eigenvalue weighted by Crippen LogP contribution is 2.25. The van der Waals surface area contributed by atoms with Crippen LogP contribution in [0.25, 0.3) is 0 Å². The summed E-state index contributed by atoms with van der Waals surface area (Å²) in [4.78, 5) is 12.5. The summed E-state index contributed by atoms with van der Waals surface area (Å²) in [5.74, 6) is -0.490. The lowest BCUT2D eigenvalue weighted by Crippen LogP contribution is -2.40. The van der Waals surface area contributed by atoms with Crippen LogP contribution < -0.4 is 10.0 Å². The first-order valence-corrected chi connectivity index (χ1v) is 12.4. The molecule has 0 bridgehead atoms. The van der Waals surface area contributed by atoms with Gasteiger partial charge in [-0.05, 0) is 24.3 Å². The summed E-state index contributed by atoms with van der Waals surface area (Å²) in [6, 6.07) is 7.54. The molecule has 1 fully saturated rings. The van der Waals surface area contributed by atoms with E-state index in [-0.39, 0.29) is 22.9 Å². The number of morpholine rings is 1. The summed E-state index contributed by atoms with van der Waals surface area (Å²) in [7, 11) is -7.10. The summed E-state index contributed by atoms with van der Waals surface area (Å²) in [5.41, 5.74) is 0.891. The molecule has 2 aromatic rings. The first-order valence-electron chi connectivity index (χ1n) is 8.21. The molecule has 1 aliphatic heterocycles. The summed E-state index contributed by atoms with van der Waals surface area (Å²) in [6.45, 7) is 1.25. The highest BCUT2D eigenvalue weighted by molar-refractivity contribution is 7.92. The molecule has 1 amide bonds. The molecule has 1 aromatic carbocycles. The summed E-state index contributed by atoms with van der Waals surface area (Å²) in [5, 5.41) is 4.11. The minimum atomic E-state index is -3.66. The van der Waals surface area contributed by atoms with Gasteiger partial charge in [0.05, 0.1) is 30.7 Å². The lowest BCUT2D eigenvalue weighted by molar-refractivity contribution is 0.0731. The Balaban J connectivity index is 1.73. The minimum Gasteiger partial charge on any atom is -0.379 e. The number of benzene rings is 1. The zero-order chi connectivity index (χ0) is 20.4. The zero-order valence-electron chi connectivity index (χ0n) is 14.9. The number of hydrogen-bond acceptors (Lipinski definition) is 7. The summed E-state index contributed by atoms with van der Waals surface area (Å²) < 4.78 is 56.8. The van der Waals surface area contributed by atoms with Gasteiger partial charge in [-0.15, -0.1) is 11.3 Å². The van der Waals surface area contributed by atoms with Gasteiger partial charge in [-0.25, -0.2) is 16.8 Å². The Morgan fingerprint density at radius 2 is 1.79 bits per heavy atom. The normalized spacial score (nSPS) is 15.9. The molecule has 0 atom stereocenters. The summed E-state index contributed by atoms with van der Waals surface area (Å²) >= 11 is 0.977. The Kier molecular flexibility index (Phi) is 6.05. The van der Waals surface area contributed by atoms with Gasteiger partial charge < -0.3 is 10.1 Å². The Morgan fingerprint density at radius 1 is 1.11 bits per heavy atom. The fraction of sp³-hybridized carbons (Fsp3) is 0.312. The number of ether oxygens (including phenoxy) is 1. The smallest absolute Gasteiger partial charge is 0.256 e. The first kappa shape index (κ1) is 20.7. The average Bonchev–Trinajstić information content (AvgIpc) is 3.12. The molecule has 0 saturated carbocycles. The molecule has 1 aliphatic rings. The second-order valence-electron chi connectivity index (χ2n) is 6.08. The fourth-order valence-electron chi connectivity index (χ4n) is 2.56. The average molecular weight is 446 g/mol. The summed E-state index contributed by atoms with van der Waals surface area (Å²) in [6.07, 6.45) is 1.03. The van der Waals surface area contributed by atoms with Crippen LogP contribution in [0.2, 0.25) is 0 Å². The van der Waals surface area contributed by atoms with Gasteiger partial charge in [-0.3, -0.25) is 9.52 Å². The Morgan fingerprint density at radius 3 is 2.46 bits per heavy atom. The van der Waals surface area contributed by atoms with E-state index in [0.717, 1.165) is 17.6 Å². The molecular weight excluding hydrogens is 426 g/mol. The second kappa shape index (κ2) is 8.17. The molecule has 2 N–H and O–H groups in total. The van der Waals surface area contributed by atoms with Crippen LogP contribution in [0.4, 0.5) is 11.4 Å². The van der Waals surface area contributed by atoms with E-state index in [4.69, 9.17) is 4.74 Å². The highest BCUT2D eigenvalue weighted by Gasteiger charge is 2.28. The van der Waals surface area contributed by atoms with E-state index in [1.807, 2.05) is 0 Å². The third kappa shape index (κ3) is 5.08. The highest BCUT2D eigenvalue weighted by atomic mass is 32.2. The number of sulfonamides is 2. The maximum atomic E-state index is 12.6. The van der Waals surface area contributed by atoms with E-state index < -0.39 is 26.0 Å². The SMILES string of the molecule is CS(=O)(=O)Nc1cccc(NC(=O)c2csc(S(=O)(=O)N3CCOCC3)c2)c1. The molecule has 0 spiro atoms. The fourth-order valence-corrected chi connectivity index (χ4v) is 5.84. The van der Waals surface area contributed by atoms with Crippen molar-refractivity contribution in [3.63, 3.8) is 0 Å². The van der Waals surface area contributed by atoms with Crippen LogP contribution in [0, 0.1) is 0 Å². The number of carbonyl (C=O) groups excluding carboxylic acids is 1. The number of amides is 1. The second-order valence-corrected chi connectivity index (χ2v) is 10.9. The Hall–Kier alpha value is -1.99. The van der Waals surface area contributed by atoms with Crippen molar-refractivity contribution in [1.82, 2.24) is 4.31 Å². The van der Waals surface area contributed by atoms with Crippen molar-refractivity contribution in [2.75, 3.05) is 42.6 Å². The minimum absolute atomic E-state index is 0.0899.